The predicted molar refractivity (Wildman–Crippen MR) is 112 cm³/mol. The number of hydrogen-bond acceptors (Lipinski definition) is 7. The van der Waals surface area contributed by atoms with Crippen LogP contribution in [0.3, 0.4) is 0 Å². The second-order valence-electron chi connectivity index (χ2n) is 6.89. The molecule has 0 radical (unpaired) electrons. The monoisotopic (exact) mass is 416 g/mol. The summed E-state index contributed by atoms with van der Waals surface area (Å²) in [5.74, 6) is 0.799. The van der Waals surface area contributed by atoms with Gasteiger partial charge in [0.05, 0.1) is 4.92 Å². The molecule has 1 aliphatic rings. The summed E-state index contributed by atoms with van der Waals surface area (Å²) in [4.78, 5) is 19.8. The van der Waals surface area contributed by atoms with Crippen LogP contribution in [0.1, 0.15) is 18.9 Å². The normalized spacial score (nSPS) is 13.3. The van der Waals surface area contributed by atoms with Crippen molar-refractivity contribution >= 4 is 17.4 Å². The van der Waals surface area contributed by atoms with Crippen LogP contribution in [-0.4, -0.2) is 29.7 Å². The van der Waals surface area contributed by atoms with E-state index >= 15 is 0 Å². The van der Waals surface area contributed by atoms with Crippen LogP contribution in [-0.2, 0) is 0 Å². The minimum absolute atomic E-state index is 0.0216. The van der Waals surface area contributed by atoms with Crippen molar-refractivity contribution in [3.05, 3.63) is 77.1 Å². The van der Waals surface area contributed by atoms with Crippen LogP contribution in [0.15, 0.2) is 77.2 Å². The molecule has 1 saturated carbocycles. The lowest BCUT2D eigenvalue weighted by molar-refractivity contribution is -0.384. The summed E-state index contributed by atoms with van der Waals surface area (Å²) in [6, 6.07) is 16.5. The third-order valence-electron chi connectivity index (χ3n) is 4.80. The molecular formula is C21H16N6O2S. The largest absolute Gasteiger partial charge is 0.299 e. The van der Waals surface area contributed by atoms with Gasteiger partial charge >= 0.3 is 0 Å². The minimum Gasteiger partial charge on any atom is -0.299 e. The maximum atomic E-state index is 11.5. The lowest BCUT2D eigenvalue weighted by atomic mass is 10.1. The first kappa shape index (κ1) is 18.4. The fourth-order valence-corrected chi connectivity index (χ4v) is 4.12. The summed E-state index contributed by atoms with van der Waals surface area (Å²) in [6.07, 6.45) is 5.62. The van der Waals surface area contributed by atoms with Crippen molar-refractivity contribution in [2.24, 2.45) is 0 Å². The molecule has 5 rings (SSSR count). The summed E-state index contributed by atoms with van der Waals surface area (Å²) in [6.45, 7) is 0. The Labute approximate surface area is 176 Å². The molecule has 0 N–H and O–H groups in total. The Hall–Kier alpha value is -3.59. The van der Waals surface area contributed by atoms with Gasteiger partial charge in [0.2, 0.25) is 0 Å². The maximum Gasteiger partial charge on any atom is 0.295 e. The lowest BCUT2D eigenvalue weighted by Gasteiger charge is -2.09. The van der Waals surface area contributed by atoms with Crippen molar-refractivity contribution in [3.63, 3.8) is 0 Å². The van der Waals surface area contributed by atoms with Gasteiger partial charge in [0.25, 0.3) is 5.69 Å². The van der Waals surface area contributed by atoms with Crippen molar-refractivity contribution in [1.82, 2.24) is 24.7 Å². The van der Waals surface area contributed by atoms with E-state index in [1.165, 1.54) is 17.8 Å². The van der Waals surface area contributed by atoms with Crippen LogP contribution in [0, 0.1) is 10.1 Å². The van der Waals surface area contributed by atoms with Gasteiger partial charge in [-0.05, 0) is 42.8 Å². The molecule has 0 amide bonds. The molecule has 3 heterocycles. The van der Waals surface area contributed by atoms with E-state index in [1.54, 1.807) is 18.5 Å². The second kappa shape index (κ2) is 7.68. The number of nitrogens with zero attached hydrogens (tertiary/aromatic N) is 6. The Kier molecular flexibility index (Phi) is 4.72. The number of hydrogen-bond donors (Lipinski definition) is 0. The fraction of sp³-hybridized carbons (Fsp3) is 0.143. The quantitative estimate of drug-likeness (QED) is 0.329. The molecule has 0 bridgehead atoms. The highest BCUT2D eigenvalue weighted by Gasteiger charge is 2.30. The smallest absolute Gasteiger partial charge is 0.295 e. The van der Waals surface area contributed by atoms with Gasteiger partial charge in [0.1, 0.15) is 10.7 Å². The van der Waals surface area contributed by atoms with Crippen molar-refractivity contribution in [1.29, 1.82) is 0 Å². The minimum atomic E-state index is -0.405. The van der Waals surface area contributed by atoms with Gasteiger partial charge in [0, 0.05) is 35.6 Å². The van der Waals surface area contributed by atoms with Crippen LogP contribution >= 0.6 is 11.8 Å². The zero-order chi connectivity index (χ0) is 20.5. The Bertz CT molecular complexity index is 1210. The van der Waals surface area contributed by atoms with Gasteiger partial charge in [-0.3, -0.25) is 19.7 Å². The molecule has 0 unspecified atom stereocenters. The zero-order valence-corrected chi connectivity index (χ0v) is 16.6. The fourth-order valence-electron chi connectivity index (χ4n) is 3.25. The van der Waals surface area contributed by atoms with Gasteiger partial charge in [-0.15, -0.1) is 10.2 Å². The predicted octanol–water partition coefficient (Wildman–Crippen LogP) is 4.80. The molecule has 30 heavy (non-hydrogen) atoms. The van der Waals surface area contributed by atoms with Gasteiger partial charge < -0.3 is 0 Å². The topological polar surface area (TPSA) is 99.6 Å². The maximum absolute atomic E-state index is 11.5. The number of nitro groups is 1. The van der Waals surface area contributed by atoms with E-state index in [1.807, 2.05) is 42.5 Å². The van der Waals surface area contributed by atoms with Gasteiger partial charge in [-0.25, -0.2) is 4.98 Å². The number of benzene rings is 1. The van der Waals surface area contributed by atoms with Crippen LogP contribution in [0.2, 0.25) is 0 Å². The lowest BCUT2D eigenvalue weighted by Crippen LogP contribution is -2.00. The third kappa shape index (κ3) is 3.55. The van der Waals surface area contributed by atoms with Crippen molar-refractivity contribution < 1.29 is 4.92 Å². The second-order valence-corrected chi connectivity index (χ2v) is 7.87. The summed E-state index contributed by atoms with van der Waals surface area (Å²) in [5, 5.41) is 21.7. The van der Waals surface area contributed by atoms with E-state index in [2.05, 4.69) is 24.7 Å². The number of pyridine rings is 2. The molecule has 0 saturated heterocycles. The molecule has 4 aromatic rings. The first-order valence-electron chi connectivity index (χ1n) is 9.45. The molecule has 3 aromatic heterocycles. The molecule has 1 aliphatic carbocycles. The molecular weight excluding hydrogens is 400 g/mol. The van der Waals surface area contributed by atoms with E-state index in [0.29, 0.717) is 22.3 Å². The van der Waals surface area contributed by atoms with E-state index in [4.69, 9.17) is 0 Å². The van der Waals surface area contributed by atoms with Crippen LogP contribution in [0.25, 0.3) is 22.6 Å². The van der Waals surface area contributed by atoms with Crippen LogP contribution < -0.4 is 0 Å². The van der Waals surface area contributed by atoms with E-state index in [9.17, 15) is 10.1 Å². The summed E-state index contributed by atoms with van der Waals surface area (Å²) < 4.78 is 2.13. The van der Waals surface area contributed by atoms with Gasteiger partial charge in [-0.1, -0.05) is 30.3 Å². The highest BCUT2D eigenvalue weighted by atomic mass is 32.2. The summed E-state index contributed by atoms with van der Waals surface area (Å²) >= 11 is 1.37. The van der Waals surface area contributed by atoms with Crippen molar-refractivity contribution in [3.8, 4) is 22.6 Å². The van der Waals surface area contributed by atoms with E-state index in [-0.39, 0.29) is 5.69 Å². The Morgan fingerprint density at radius 1 is 0.967 bits per heavy atom. The average Bonchev–Trinajstić information content (AvgIpc) is 3.54. The molecule has 0 aliphatic heterocycles. The molecule has 1 aromatic carbocycles. The zero-order valence-electron chi connectivity index (χ0n) is 15.8. The highest BCUT2D eigenvalue weighted by molar-refractivity contribution is 7.99. The number of aromatic nitrogens is 5. The molecule has 9 heteroatoms. The molecule has 148 valence electrons. The first-order chi connectivity index (χ1) is 14.7. The van der Waals surface area contributed by atoms with Gasteiger partial charge in [-0.2, -0.15) is 0 Å². The third-order valence-corrected chi connectivity index (χ3v) is 5.70. The summed E-state index contributed by atoms with van der Waals surface area (Å²) in [7, 11) is 0. The van der Waals surface area contributed by atoms with Crippen molar-refractivity contribution in [2.75, 3.05) is 0 Å². The Balaban J connectivity index is 1.54. The standard InChI is InChI=1S/C21H16N6O2S/c28-27(29)17-8-9-18(23-19(17)14-4-2-1-3-5-14)30-21-25-24-20(26(21)16-6-7-16)15-10-12-22-13-11-15/h1-5,8-13,16H,6-7H2. The van der Waals surface area contributed by atoms with E-state index in [0.717, 1.165) is 29.4 Å². The number of rotatable bonds is 6. The van der Waals surface area contributed by atoms with Crippen LogP contribution in [0.5, 0.6) is 0 Å². The SMILES string of the molecule is O=[N+]([O-])c1ccc(Sc2nnc(-c3ccncc3)n2C2CC2)nc1-c1ccccc1. The molecule has 8 nitrogen and oxygen atoms in total. The van der Waals surface area contributed by atoms with E-state index < -0.39 is 4.92 Å². The Morgan fingerprint density at radius 3 is 2.43 bits per heavy atom. The summed E-state index contributed by atoms with van der Waals surface area (Å²) in [5.41, 5.74) is 1.98. The first-order valence-corrected chi connectivity index (χ1v) is 10.3. The van der Waals surface area contributed by atoms with Crippen molar-refractivity contribution in [2.45, 2.75) is 29.1 Å². The molecule has 0 spiro atoms. The van der Waals surface area contributed by atoms with Gasteiger partial charge in [0.15, 0.2) is 11.0 Å². The molecule has 0 atom stereocenters. The average molecular weight is 416 g/mol. The highest BCUT2D eigenvalue weighted by Crippen LogP contribution is 2.42. The Morgan fingerprint density at radius 2 is 1.73 bits per heavy atom. The molecule has 1 fully saturated rings. The van der Waals surface area contributed by atoms with Crippen LogP contribution in [0.4, 0.5) is 5.69 Å².